The number of hydrogen-bond acceptors (Lipinski definition) is 1. The Balaban J connectivity index is 2.01. The summed E-state index contributed by atoms with van der Waals surface area (Å²) in [6.45, 7) is 4.41. The molecule has 0 fully saturated rings. The molecule has 1 nitrogen and oxygen atoms in total. The van der Waals surface area contributed by atoms with Gasteiger partial charge in [0.1, 0.15) is 0 Å². The number of benzene rings is 1. The van der Waals surface area contributed by atoms with Gasteiger partial charge in [0.15, 0.2) is 0 Å². The van der Waals surface area contributed by atoms with E-state index in [0.717, 1.165) is 18.1 Å². The Kier molecular flexibility index (Phi) is 7.28. The average Bonchev–Trinajstić information content (AvgIpc) is 2.30. The summed E-state index contributed by atoms with van der Waals surface area (Å²) in [5, 5.41) is 4.18. The van der Waals surface area contributed by atoms with Crippen LogP contribution in [0.3, 0.4) is 0 Å². The molecule has 1 rings (SSSR count). The van der Waals surface area contributed by atoms with Crippen molar-refractivity contribution >= 4 is 11.6 Å². The zero-order chi connectivity index (χ0) is 11.6. The molecule has 0 unspecified atom stereocenters. The molecule has 16 heavy (non-hydrogen) atoms. The number of aryl methyl sites for hydroxylation is 1. The Labute approximate surface area is 104 Å². The largest absolute Gasteiger partial charge is 0.317 e. The minimum Gasteiger partial charge on any atom is -0.317 e. The van der Waals surface area contributed by atoms with Crippen molar-refractivity contribution in [2.45, 2.75) is 39.0 Å². The van der Waals surface area contributed by atoms with Gasteiger partial charge in [-0.1, -0.05) is 43.5 Å². The molecule has 0 aromatic heterocycles. The third-order valence-corrected chi connectivity index (χ3v) is 2.98. The zero-order valence-electron chi connectivity index (χ0n) is 10.1. The van der Waals surface area contributed by atoms with E-state index in [-0.39, 0.29) is 0 Å². The van der Waals surface area contributed by atoms with Crippen LogP contribution in [0.5, 0.6) is 0 Å². The van der Waals surface area contributed by atoms with E-state index in [2.05, 4.69) is 24.4 Å². The van der Waals surface area contributed by atoms with Gasteiger partial charge in [-0.2, -0.15) is 0 Å². The van der Waals surface area contributed by atoms with Crippen molar-refractivity contribution in [2.24, 2.45) is 0 Å². The fraction of sp³-hybridized carbons (Fsp3) is 0.571. The van der Waals surface area contributed by atoms with Crippen LogP contribution in [0.25, 0.3) is 0 Å². The number of nitrogens with one attached hydrogen (secondary N) is 1. The predicted molar refractivity (Wildman–Crippen MR) is 72.2 cm³/mol. The van der Waals surface area contributed by atoms with Crippen LogP contribution >= 0.6 is 11.6 Å². The van der Waals surface area contributed by atoms with E-state index in [1.165, 1.54) is 37.7 Å². The average molecular weight is 240 g/mol. The quantitative estimate of drug-likeness (QED) is 0.675. The summed E-state index contributed by atoms with van der Waals surface area (Å²) in [6.07, 6.45) is 6.43. The Morgan fingerprint density at radius 2 is 1.69 bits per heavy atom. The maximum atomic E-state index is 5.84. The Morgan fingerprint density at radius 1 is 1.00 bits per heavy atom. The van der Waals surface area contributed by atoms with E-state index < -0.39 is 0 Å². The number of halogens is 1. The van der Waals surface area contributed by atoms with Crippen molar-refractivity contribution in [3.05, 3.63) is 34.9 Å². The summed E-state index contributed by atoms with van der Waals surface area (Å²) in [4.78, 5) is 0. The molecule has 0 radical (unpaired) electrons. The first-order chi connectivity index (χ1) is 7.83. The standard InChI is InChI=1S/C14H22ClN/c1-2-16-12-6-4-3-5-7-13-8-10-14(15)11-9-13/h8-11,16H,2-7,12H2,1H3. The molecule has 0 heterocycles. The van der Waals surface area contributed by atoms with Gasteiger partial charge in [0.2, 0.25) is 0 Å². The molecule has 1 N–H and O–H groups in total. The number of rotatable bonds is 8. The molecule has 2 heteroatoms. The molecule has 0 aliphatic rings. The monoisotopic (exact) mass is 239 g/mol. The molecule has 1 aromatic rings. The topological polar surface area (TPSA) is 12.0 Å². The lowest BCUT2D eigenvalue weighted by Gasteiger charge is -2.03. The van der Waals surface area contributed by atoms with E-state index in [1.807, 2.05) is 12.1 Å². The summed E-state index contributed by atoms with van der Waals surface area (Å²) in [5.41, 5.74) is 1.40. The minimum absolute atomic E-state index is 0.828. The molecule has 0 saturated carbocycles. The van der Waals surface area contributed by atoms with Crippen molar-refractivity contribution in [1.29, 1.82) is 0 Å². The molecule has 0 amide bonds. The van der Waals surface area contributed by atoms with Crippen LogP contribution in [0.15, 0.2) is 24.3 Å². The smallest absolute Gasteiger partial charge is 0.0406 e. The summed E-state index contributed by atoms with van der Waals surface area (Å²) >= 11 is 5.84. The molecule has 90 valence electrons. The van der Waals surface area contributed by atoms with Crippen LogP contribution in [0.1, 0.15) is 38.2 Å². The molecule has 0 spiro atoms. The van der Waals surface area contributed by atoms with Crippen molar-refractivity contribution in [3.8, 4) is 0 Å². The van der Waals surface area contributed by atoms with Gasteiger partial charge >= 0.3 is 0 Å². The van der Waals surface area contributed by atoms with E-state index in [1.54, 1.807) is 0 Å². The van der Waals surface area contributed by atoms with E-state index in [4.69, 9.17) is 11.6 Å². The molecule has 1 aromatic carbocycles. The summed E-state index contributed by atoms with van der Waals surface area (Å²) in [7, 11) is 0. The summed E-state index contributed by atoms with van der Waals surface area (Å²) < 4.78 is 0. The van der Waals surface area contributed by atoms with Crippen LogP contribution in [-0.4, -0.2) is 13.1 Å². The number of hydrogen-bond donors (Lipinski definition) is 1. The lowest BCUT2D eigenvalue weighted by molar-refractivity contribution is 0.598. The molecular formula is C14H22ClN. The van der Waals surface area contributed by atoms with Crippen molar-refractivity contribution in [2.75, 3.05) is 13.1 Å². The molecule has 0 bridgehead atoms. The minimum atomic E-state index is 0.828. The predicted octanol–water partition coefficient (Wildman–Crippen LogP) is 4.05. The second-order valence-corrected chi connectivity index (χ2v) is 4.58. The van der Waals surface area contributed by atoms with E-state index >= 15 is 0 Å². The highest BCUT2D eigenvalue weighted by Crippen LogP contribution is 2.12. The molecule has 0 aliphatic heterocycles. The maximum Gasteiger partial charge on any atom is 0.0406 e. The normalized spacial score (nSPS) is 10.6. The van der Waals surface area contributed by atoms with Gasteiger partial charge in [0, 0.05) is 5.02 Å². The van der Waals surface area contributed by atoms with Gasteiger partial charge in [-0.3, -0.25) is 0 Å². The second-order valence-electron chi connectivity index (χ2n) is 4.14. The molecule has 0 saturated heterocycles. The highest BCUT2D eigenvalue weighted by molar-refractivity contribution is 6.30. The van der Waals surface area contributed by atoms with Crippen LogP contribution in [0.2, 0.25) is 5.02 Å². The van der Waals surface area contributed by atoms with Crippen molar-refractivity contribution in [1.82, 2.24) is 5.32 Å². The van der Waals surface area contributed by atoms with Gasteiger partial charge < -0.3 is 5.32 Å². The van der Waals surface area contributed by atoms with Crippen molar-refractivity contribution in [3.63, 3.8) is 0 Å². The third kappa shape index (κ3) is 6.14. The SMILES string of the molecule is CCNCCCCCCc1ccc(Cl)cc1. The lowest BCUT2D eigenvalue weighted by Crippen LogP contribution is -2.13. The lowest BCUT2D eigenvalue weighted by atomic mass is 10.1. The molecular weight excluding hydrogens is 218 g/mol. The first-order valence-corrected chi connectivity index (χ1v) is 6.66. The van der Waals surface area contributed by atoms with Crippen LogP contribution < -0.4 is 5.32 Å². The second kappa shape index (κ2) is 8.60. The van der Waals surface area contributed by atoms with Gasteiger partial charge in [-0.15, -0.1) is 0 Å². The molecule has 0 aliphatic carbocycles. The summed E-state index contributed by atoms with van der Waals surface area (Å²) in [5.74, 6) is 0. The number of unbranched alkanes of at least 4 members (excludes halogenated alkanes) is 3. The first kappa shape index (κ1) is 13.5. The zero-order valence-corrected chi connectivity index (χ0v) is 10.9. The fourth-order valence-corrected chi connectivity index (χ4v) is 1.89. The Hall–Kier alpha value is -0.530. The Bertz CT molecular complexity index is 269. The van der Waals surface area contributed by atoms with Gasteiger partial charge in [0.25, 0.3) is 0 Å². The van der Waals surface area contributed by atoms with Crippen molar-refractivity contribution < 1.29 is 0 Å². The van der Waals surface area contributed by atoms with Crippen LogP contribution in [0, 0.1) is 0 Å². The third-order valence-electron chi connectivity index (χ3n) is 2.73. The van der Waals surface area contributed by atoms with E-state index in [9.17, 15) is 0 Å². The van der Waals surface area contributed by atoms with Crippen LogP contribution in [0.4, 0.5) is 0 Å². The maximum absolute atomic E-state index is 5.84. The van der Waals surface area contributed by atoms with Crippen LogP contribution in [-0.2, 0) is 6.42 Å². The summed E-state index contributed by atoms with van der Waals surface area (Å²) in [6, 6.07) is 8.20. The highest BCUT2D eigenvalue weighted by atomic mass is 35.5. The van der Waals surface area contributed by atoms with Gasteiger partial charge in [0.05, 0.1) is 0 Å². The van der Waals surface area contributed by atoms with Gasteiger partial charge in [-0.05, 0) is 50.0 Å². The first-order valence-electron chi connectivity index (χ1n) is 6.28. The van der Waals surface area contributed by atoms with E-state index in [0.29, 0.717) is 0 Å². The van der Waals surface area contributed by atoms with Gasteiger partial charge in [-0.25, -0.2) is 0 Å². The fourth-order valence-electron chi connectivity index (χ4n) is 1.76. The highest BCUT2D eigenvalue weighted by Gasteiger charge is 1.94. The molecule has 0 atom stereocenters. The Morgan fingerprint density at radius 3 is 2.38 bits per heavy atom.